The van der Waals surface area contributed by atoms with Crippen LogP contribution in [0.1, 0.15) is 0 Å². The highest BCUT2D eigenvalue weighted by molar-refractivity contribution is 7.89. The Balaban J connectivity index is 2.40. The largest absolute Gasteiger partial charge is 0.384 e. The number of benzene rings is 1. The van der Waals surface area contributed by atoms with E-state index in [1.54, 1.807) is 18.2 Å². The van der Waals surface area contributed by atoms with Crippen LogP contribution in [0.15, 0.2) is 35.2 Å². The minimum absolute atomic E-state index is 0.0350. The molecule has 0 spiro atoms. The van der Waals surface area contributed by atoms with Gasteiger partial charge in [0.2, 0.25) is 15.9 Å². The van der Waals surface area contributed by atoms with Crippen molar-refractivity contribution < 1.29 is 13.2 Å². The molecule has 1 amide bonds. The van der Waals surface area contributed by atoms with Crippen molar-refractivity contribution in [2.45, 2.75) is 4.90 Å². The predicted molar refractivity (Wildman–Crippen MR) is 70.5 cm³/mol. The second-order valence-corrected chi connectivity index (χ2v) is 5.65. The van der Waals surface area contributed by atoms with Crippen molar-refractivity contribution in [2.24, 2.45) is 5.73 Å². The van der Waals surface area contributed by atoms with Crippen LogP contribution in [0.2, 0.25) is 0 Å². The van der Waals surface area contributed by atoms with E-state index < -0.39 is 22.5 Å². The number of nitrogens with zero attached hydrogens (tertiary/aromatic N) is 1. The minimum atomic E-state index is -3.77. The van der Waals surface area contributed by atoms with E-state index in [0.29, 0.717) is 16.7 Å². The Morgan fingerprint density at radius 3 is 2.68 bits per heavy atom. The zero-order valence-electron chi connectivity index (χ0n) is 9.83. The fourth-order valence-electron chi connectivity index (χ4n) is 1.54. The van der Waals surface area contributed by atoms with E-state index in [2.05, 4.69) is 9.71 Å². The summed E-state index contributed by atoms with van der Waals surface area (Å²) < 4.78 is 25.9. The highest BCUT2D eigenvalue weighted by Gasteiger charge is 2.15. The second-order valence-electron chi connectivity index (χ2n) is 3.88. The average molecular weight is 280 g/mol. The highest BCUT2D eigenvalue weighted by Crippen LogP contribution is 2.18. The van der Waals surface area contributed by atoms with Crippen molar-refractivity contribution in [3.05, 3.63) is 30.3 Å². The Morgan fingerprint density at radius 2 is 2.00 bits per heavy atom. The fraction of sp³-hybridized carbons (Fsp3) is 0.0909. The average Bonchev–Trinajstić information content (AvgIpc) is 2.36. The maximum Gasteiger partial charge on any atom is 0.241 e. The number of pyridine rings is 1. The molecule has 8 heteroatoms. The molecule has 19 heavy (non-hydrogen) atoms. The predicted octanol–water partition coefficient (Wildman–Crippen LogP) is -0.419. The lowest BCUT2D eigenvalue weighted by Gasteiger charge is -2.06. The zero-order valence-corrected chi connectivity index (χ0v) is 10.6. The first-order chi connectivity index (χ1) is 8.88. The lowest BCUT2D eigenvalue weighted by Crippen LogP contribution is -2.33. The summed E-state index contributed by atoms with van der Waals surface area (Å²) in [5.74, 6) is -0.395. The van der Waals surface area contributed by atoms with Gasteiger partial charge in [-0.25, -0.2) is 18.1 Å². The molecule has 7 nitrogen and oxygen atoms in total. The van der Waals surface area contributed by atoms with Crippen LogP contribution in [0.4, 0.5) is 5.82 Å². The monoisotopic (exact) mass is 280 g/mol. The van der Waals surface area contributed by atoms with Crippen molar-refractivity contribution in [1.82, 2.24) is 9.71 Å². The van der Waals surface area contributed by atoms with Crippen LogP contribution in [-0.4, -0.2) is 25.9 Å². The summed E-state index contributed by atoms with van der Waals surface area (Å²) in [7, 11) is -3.77. The Kier molecular flexibility index (Phi) is 3.36. The van der Waals surface area contributed by atoms with Crippen LogP contribution in [-0.2, 0) is 14.8 Å². The van der Waals surface area contributed by atoms with E-state index in [9.17, 15) is 13.2 Å². The number of hydrogen-bond acceptors (Lipinski definition) is 5. The molecule has 0 aliphatic rings. The lowest BCUT2D eigenvalue weighted by molar-refractivity contribution is -0.116. The maximum absolute atomic E-state index is 11.9. The van der Waals surface area contributed by atoms with Crippen molar-refractivity contribution in [2.75, 3.05) is 12.3 Å². The van der Waals surface area contributed by atoms with E-state index in [4.69, 9.17) is 11.5 Å². The molecule has 1 heterocycles. The summed E-state index contributed by atoms with van der Waals surface area (Å²) in [4.78, 5) is 14.7. The van der Waals surface area contributed by atoms with Gasteiger partial charge in [0, 0.05) is 5.39 Å². The van der Waals surface area contributed by atoms with Crippen molar-refractivity contribution >= 4 is 32.7 Å². The first kappa shape index (κ1) is 13.2. The Labute approximate surface area is 109 Å². The number of rotatable bonds is 4. The summed E-state index contributed by atoms with van der Waals surface area (Å²) in [5, 5.41) is 0.635. The van der Waals surface area contributed by atoms with Crippen molar-refractivity contribution in [3.8, 4) is 0 Å². The molecule has 0 unspecified atom stereocenters. The molecular weight excluding hydrogens is 268 g/mol. The second kappa shape index (κ2) is 4.82. The van der Waals surface area contributed by atoms with Gasteiger partial charge in [-0.3, -0.25) is 4.79 Å². The van der Waals surface area contributed by atoms with Crippen LogP contribution < -0.4 is 16.2 Å². The zero-order chi connectivity index (χ0) is 14.0. The third kappa shape index (κ3) is 2.98. The number of carbonyl (C=O) groups excluding carboxylic acids is 1. The molecule has 100 valence electrons. The van der Waals surface area contributed by atoms with E-state index in [1.165, 1.54) is 12.1 Å². The smallest absolute Gasteiger partial charge is 0.241 e. The normalized spacial score (nSPS) is 11.6. The molecular formula is C11H12N4O3S. The first-order valence-electron chi connectivity index (χ1n) is 5.33. The molecule has 1 aromatic heterocycles. The van der Waals surface area contributed by atoms with Crippen LogP contribution in [0.25, 0.3) is 10.9 Å². The quantitative estimate of drug-likeness (QED) is 0.700. The van der Waals surface area contributed by atoms with Gasteiger partial charge >= 0.3 is 0 Å². The topological polar surface area (TPSA) is 128 Å². The number of fused-ring (bicyclic) bond motifs is 1. The van der Waals surface area contributed by atoms with E-state index >= 15 is 0 Å². The molecule has 0 saturated carbocycles. The molecule has 0 aliphatic heterocycles. The number of hydrogen-bond donors (Lipinski definition) is 3. The first-order valence-corrected chi connectivity index (χ1v) is 6.81. The Hall–Kier alpha value is -2.19. The third-order valence-electron chi connectivity index (χ3n) is 2.43. The van der Waals surface area contributed by atoms with E-state index in [-0.39, 0.29) is 4.90 Å². The van der Waals surface area contributed by atoms with Gasteiger partial charge in [-0.1, -0.05) is 0 Å². The third-order valence-corrected chi connectivity index (χ3v) is 3.83. The number of nitrogens with two attached hydrogens (primary N) is 2. The van der Waals surface area contributed by atoms with Gasteiger partial charge in [0.25, 0.3) is 0 Å². The fourth-order valence-corrected chi connectivity index (χ4v) is 2.56. The number of nitrogens with one attached hydrogen (secondary N) is 1. The van der Waals surface area contributed by atoms with Gasteiger partial charge in [-0.2, -0.15) is 0 Å². The van der Waals surface area contributed by atoms with Gasteiger partial charge in [0.15, 0.2) is 0 Å². The summed E-state index contributed by atoms with van der Waals surface area (Å²) in [6.45, 7) is -0.444. The molecule has 1 aromatic carbocycles. The highest BCUT2D eigenvalue weighted by atomic mass is 32.2. The summed E-state index contributed by atoms with van der Waals surface area (Å²) in [6.07, 6.45) is 0. The molecule has 5 N–H and O–H groups in total. The standard InChI is InChI=1S/C11H12N4O3S/c12-10-4-1-7-5-8(2-3-9(7)15-10)19(17,18)14-6-11(13)16/h1-5,14H,6H2,(H2,12,15)(H2,13,16). The number of carbonyl (C=O) groups is 1. The molecule has 0 saturated heterocycles. The number of primary amides is 1. The molecule has 2 rings (SSSR count). The Bertz CT molecular complexity index is 743. The number of nitrogen functional groups attached to an aromatic ring is 1. The Morgan fingerprint density at radius 1 is 1.26 bits per heavy atom. The molecule has 0 atom stereocenters. The molecule has 0 bridgehead atoms. The molecule has 2 aromatic rings. The molecule has 0 radical (unpaired) electrons. The van der Waals surface area contributed by atoms with Gasteiger partial charge in [0.1, 0.15) is 5.82 Å². The summed E-state index contributed by atoms with van der Waals surface area (Å²) >= 11 is 0. The van der Waals surface area contributed by atoms with Crippen LogP contribution in [0.5, 0.6) is 0 Å². The number of amides is 1. The van der Waals surface area contributed by atoms with Gasteiger partial charge in [0.05, 0.1) is 17.0 Å². The van der Waals surface area contributed by atoms with Crippen LogP contribution in [0.3, 0.4) is 0 Å². The van der Waals surface area contributed by atoms with E-state index in [0.717, 1.165) is 0 Å². The van der Waals surface area contributed by atoms with Gasteiger partial charge in [-0.05, 0) is 30.3 Å². The number of anilines is 1. The number of sulfonamides is 1. The minimum Gasteiger partial charge on any atom is -0.384 e. The van der Waals surface area contributed by atoms with Crippen molar-refractivity contribution in [3.63, 3.8) is 0 Å². The van der Waals surface area contributed by atoms with Gasteiger partial charge in [-0.15, -0.1) is 0 Å². The maximum atomic E-state index is 11.9. The van der Waals surface area contributed by atoms with Crippen LogP contribution in [0, 0.1) is 0 Å². The lowest BCUT2D eigenvalue weighted by atomic mass is 10.2. The number of aromatic nitrogens is 1. The molecule has 0 aliphatic carbocycles. The summed E-state index contributed by atoms with van der Waals surface area (Å²) in [6, 6.07) is 7.63. The van der Waals surface area contributed by atoms with Crippen LogP contribution >= 0.6 is 0 Å². The SMILES string of the molecule is NC(=O)CNS(=O)(=O)c1ccc2nc(N)ccc2c1. The van der Waals surface area contributed by atoms with Gasteiger partial charge < -0.3 is 11.5 Å². The van der Waals surface area contributed by atoms with E-state index in [1.807, 2.05) is 0 Å². The molecule has 0 fully saturated rings. The van der Waals surface area contributed by atoms with Crippen molar-refractivity contribution in [1.29, 1.82) is 0 Å². The summed E-state index contributed by atoms with van der Waals surface area (Å²) in [5.41, 5.74) is 11.0.